The number of hydrogen-bond acceptors (Lipinski definition) is 5. The lowest BCUT2D eigenvalue weighted by atomic mass is 10.1. The molecule has 2 amide bonds. The highest BCUT2D eigenvalue weighted by atomic mass is 16.5. The molecule has 0 aromatic heterocycles. The minimum Gasteiger partial charge on any atom is -0.423 e. The van der Waals surface area contributed by atoms with Crippen molar-refractivity contribution < 1.29 is 19.1 Å². The van der Waals surface area contributed by atoms with Crippen LogP contribution in [0.4, 0.5) is 0 Å². The number of nitrogens with zero attached hydrogens (tertiary/aromatic N) is 1. The first-order chi connectivity index (χ1) is 15.4. The van der Waals surface area contributed by atoms with Crippen molar-refractivity contribution in [2.45, 2.75) is 13.8 Å². The first kappa shape index (κ1) is 22.4. The average Bonchev–Trinajstić information content (AvgIpc) is 2.79. The summed E-state index contributed by atoms with van der Waals surface area (Å²) in [5.41, 5.74) is 5.76. The van der Waals surface area contributed by atoms with Crippen LogP contribution in [0.2, 0.25) is 0 Å². The Hall–Kier alpha value is -4.26. The lowest BCUT2D eigenvalue weighted by Crippen LogP contribution is -2.35. The molecule has 0 radical (unpaired) electrons. The normalized spacial score (nSPS) is 10.6. The largest absolute Gasteiger partial charge is 0.423 e. The lowest BCUT2D eigenvalue weighted by Gasteiger charge is -2.07. The Morgan fingerprint density at radius 2 is 1.44 bits per heavy atom. The number of esters is 1. The van der Waals surface area contributed by atoms with E-state index in [4.69, 9.17) is 4.74 Å². The summed E-state index contributed by atoms with van der Waals surface area (Å²) >= 11 is 0. The van der Waals surface area contributed by atoms with E-state index in [9.17, 15) is 14.4 Å². The Morgan fingerprint density at radius 1 is 0.844 bits per heavy atom. The van der Waals surface area contributed by atoms with E-state index in [2.05, 4.69) is 15.8 Å². The van der Waals surface area contributed by atoms with Crippen LogP contribution in [0.15, 0.2) is 77.9 Å². The summed E-state index contributed by atoms with van der Waals surface area (Å²) in [6, 6.07) is 21.0. The second-order valence-corrected chi connectivity index (χ2v) is 7.06. The Morgan fingerprint density at radius 3 is 2.06 bits per heavy atom. The van der Waals surface area contributed by atoms with Gasteiger partial charge in [-0.15, -0.1) is 0 Å². The molecule has 0 spiro atoms. The lowest BCUT2D eigenvalue weighted by molar-refractivity contribution is -0.120. The first-order valence-electron chi connectivity index (χ1n) is 9.97. The van der Waals surface area contributed by atoms with E-state index in [0.29, 0.717) is 22.4 Å². The summed E-state index contributed by atoms with van der Waals surface area (Å²) in [6.07, 6.45) is 1.45. The van der Waals surface area contributed by atoms with Gasteiger partial charge in [-0.1, -0.05) is 36.4 Å². The number of amides is 2. The molecule has 7 nitrogen and oxygen atoms in total. The summed E-state index contributed by atoms with van der Waals surface area (Å²) < 4.78 is 5.38. The summed E-state index contributed by atoms with van der Waals surface area (Å²) in [5.74, 6) is -0.798. The summed E-state index contributed by atoms with van der Waals surface area (Å²) in [5, 5.41) is 6.43. The van der Waals surface area contributed by atoms with Gasteiger partial charge in [0, 0.05) is 5.56 Å². The number of aryl methyl sites for hydroxylation is 2. The molecule has 0 saturated carbocycles. The monoisotopic (exact) mass is 429 g/mol. The van der Waals surface area contributed by atoms with E-state index in [1.54, 1.807) is 48.5 Å². The van der Waals surface area contributed by atoms with Gasteiger partial charge in [0.05, 0.1) is 18.3 Å². The van der Waals surface area contributed by atoms with Crippen LogP contribution in [0.5, 0.6) is 5.75 Å². The predicted octanol–water partition coefficient (Wildman–Crippen LogP) is 3.40. The van der Waals surface area contributed by atoms with Gasteiger partial charge in [-0.3, -0.25) is 9.59 Å². The fourth-order valence-electron chi connectivity index (χ4n) is 2.89. The van der Waals surface area contributed by atoms with Gasteiger partial charge in [0.15, 0.2) is 0 Å². The van der Waals surface area contributed by atoms with E-state index in [0.717, 1.165) is 11.1 Å². The highest BCUT2D eigenvalue weighted by Crippen LogP contribution is 2.15. The van der Waals surface area contributed by atoms with E-state index in [1.165, 1.54) is 6.21 Å². The highest BCUT2D eigenvalue weighted by Gasteiger charge is 2.11. The molecule has 32 heavy (non-hydrogen) atoms. The molecule has 3 aromatic carbocycles. The van der Waals surface area contributed by atoms with Crippen LogP contribution in [0, 0.1) is 13.8 Å². The van der Waals surface area contributed by atoms with Crippen molar-refractivity contribution in [2.24, 2.45) is 5.10 Å². The number of hydrogen-bond donors (Lipinski definition) is 2. The maximum absolute atomic E-state index is 12.3. The molecular weight excluding hydrogens is 406 g/mol. The number of ether oxygens (including phenoxy) is 1. The van der Waals surface area contributed by atoms with Crippen molar-refractivity contribution in [1.82, 2.24) is 10.7 Å². The van der Waals surface area contributed by atoms with Crippen molar-refractivity contribution in [1.29, 1.82) is 0 Å². The van der Waals surface area contributed by atoms with Crippen molar-refractivity contribution in [3.63, 3.8) is 0 Å². The number of nitrogens with one attached hydrogen (secondary N) is 2. The van der Waals surface area contributed by atoms with E-state index >= 15 is 0 Å². The third-order valence-electron chi connectivity index (χ3n) is 4.66. The molecule has 0 aliphatic heterocycles. The maximum Gasteiger partial charge on any atom is 0.343 e. The Labute approximate surface area is 186 Å². The van der Waals surface area contributed by atoms with Crippen LogP contribution in [-0.4, -0.2) is 30.5 Å². The molecule has 0 saturated heterocycles. The number of benzene rings is 3. The van der Waals surface area contributed by atoms with Crippen LogP contribution in [0.1, 0.15) is 37.4 Å². The number of rotatable bonds is 7. The third kappa shape index (κ3) is 6.12. The zero-order valence-corrected chi connectivity index (χ0v) is 17.8. The summed E-state index contributed by atoms with van der Waals surface area (Å²) in [6.45, 7) is 3.48. The fourth-order valence-corrected chi connectivity index (χ4v) is 2.89. The smallest absolute Gasteiger partial charge is 0.343 e. The van der Waals surface area contributed by atoms with Crippen LogP contribution >= 0.6 is 0 Å². The van der Waals surface area contributed by atoms with Crippen molar-refractivity contribution in [3.05, 3.63) is 101 Å². The Balaban J connectivity index is 1.47. The minimum atomic E-state index is -0.452. The molecule has 0 bridgehead atoms. The molecule has 2 N–H and O–H groups in total. The second-order valence-electron chi connectivity index (χ2n) is 7.06. The van der Waals surface area contributed by atoms with Crippen molar-refractivity contribution in [2.75, 3.05) is 6.54 Å². The molecular formula is C25H23N3O4. The first-order valence-corrected chi connectivity index (χ1v) is 9.97. The molecule has 0 unspecified atom stereocenters. The van der Waals surface area contributed by atoms with Gasteiger partial charge in [-0.05, 0) is 66.9 Å². The van der Waals surface area contributed by atoms with Gasteiger partial charge in [-0.25, -0.2) is 10.2 Å². The number of carbonyl (C=O) groups is 3. The second kappa shape index (κ2) is 10.7. The molecule has 0 atom stereocenters. The topological polar surface area (TPSA) is 96.9 Å². The van der Waals surface area contributed by atoms with Crippen molar-refractivity contribution >= 4 is 24.0 Å². The average molecular weight is 429 g/mol. The van der Waals surface area contributed by atoms with Gasteiger partial charge in [0.1, 0.15) is 5.75 Å². The Bertz CT molecular complexity index is 1150. The van der Waals surface area contributed by atoms with Crippen molar-refractivity contribution in [3.8, 4) is 5.75 Å². The minimum absolute atomic E-state index is 0.196. The molecule has 0 fully saturated rings. The molecule has 0 aliphatic rings. The maximum atomic E-state index is 12.3. The molecule has 162 valence electrons. The summed E-state index contributed by atoms with van der Waals surface area (Å²) in [7, 11) is 0. The quantitative estimate of drug-likeness (QED) is 0.260. The highest BCUT2D eigenvalue weighted by molar-refractivity contribution is 5.97. The molecule has 3 aromatic rings. The predicted molar refractivity (Wildman–Crippen MR) is 122 cm³/mol. The standard InChI is InChI=1S/C25H23N3O4/c1-17-7-3-5-9-21(17)24(30)26-16-23(29)28-27-15-19-11-13-20(14-12-19)32-25(31)22-10-6-4-8-18(22)2/h3-15H,16H2,1-2H3,(H,26,30)(H,28,29)/b27-15-. The van der Waals surface area contributed by atoms with Crippen LogP contribution in [-0.2, 0) is 4.79 Å². The molecule has 0 heterocycles. The van der Waals surface area contributed by atoms with E-state index in [1.807, 2.05) is 38.1 Å². The third-order valence-corrected chi connectivity index (χ3v) is 4.66. The van der Waals surface area contributed by atoms with Gasteiger partial charge in [0.25, 0.3) is 11.8 Å². The number of carbonyl (C=O) groups excluding carboxylic acids is 3. The van der Waals surface area contributed by atoms with E-state index in [-0.39, 0.29) is 12.5 Å². The van der Waals surface area contributed by atoms with Crippen LogP contribution in [0.3, 0.4) is 0 Å². The molecule has 7 heteroatoms. The van der Waals surface area contributed by atoms with Gasteiger partial charge >= 0.3 is 5.97 Å². The fraction of sp³-hybridized carbons (Fsp3) is 0.120. The van der Waals surface area contributed by atoms with Gasteiger partial charge in [-0.2, -0.15) is 5.10 Å². The summed E-state index contributed by atoms with van der Waals surface area (Å²) in [4.78, 5) is 36.3. The zero-order valence-electron chi connectivity index (χ0n) is 17.8. The Kier molecular flexibility index (Phi) is 7.48. The zero-order chi connectivity index (χ0) is 22.9. The molecule has 0 aliphatic carbocycles. The SMILES string of the molecule is Cc1ccccc1C(=O)NCC(=O)N/N=C\c1ccc(OC(=O)c2ccccc2C)cc1. The number of hydrazone groups is 1. The van der Waals surface area contributed by atoms with Crippen LogP contribution < -0.4 is 15.5 Å². The molecule has 3 rings (SSSR count). The van der Waals surface area contributed by atoms with Gasteiger partial charge < -0.3 is 10.1 Å². The van der Waals surface area contributed by atoms with Crippen LogP contribution in [0.25, 0.3) is 0 Å². The van der Waals surface area contributed by atoms with E-state index < -0.39 is 11.9 Å². The van der Waals surface area contributed by atoms with Gasteiger partial charge in [0.2, 0.25) is 0 Å².